The number of aromatic nitrogens is 1. The predicted molar refractivity (Wildman–Crippen MR) is 94.0 cm³/mol. The Bertz CT molecular complexity index is 1040. The van der Waals surface area contributed by atoms with Crippen molar-refractivity contribution in [3.05, 3.63) is 71.2 Å². The minimum absolute atomic E-state index is 0.151. The van der Waals surface area contributed by atoms with Crippen LogP contribution in [0.1, 0.15) is 16.1 Å². The van der Waals surface area contributed by atoms with Crippen LogP contribution in [0.15, 0.2) is 47.0 Å². The lowest BCUT2D eigenvalue weighted by molar-refractivity contribution is -0.115. The van der Waals surface area contributed by atoms with E-state index in [1.165, 1.54) is 0 Å². The molecule has 0 saturated carbocycles. The van der Waals surface area contributed by atoms with Gasteiger partial charge in [-0.05, 0) is 19.1 Å². The maximum Gasteiger partial charge on any atom is 0.257 e. The minimum Gasteiger partial charge on any atom is -0.360 e. The monoisotopic (exact) mass is 389 g/mol. The minimum atomic E-state index is -1.70. The maximum absolute atomic E-state index is 13.6. The molecule has 6 nitrogen and oxygen atoms in total. The number of carbonyl (C=O) groups excluding carboxylic acids is 2. The number of amides is 2. The molecule has 0 unspecified atom stereocenters. The molecule has 2 N–H and O–H groups in total. The average molecular weight is 389 g/mol. The van der Waals surface area contributed by atoms with Crippen LogP contribution < -0.4 is 10.6 Å². The Kier molecular flexibility index (Phi) is 5.44. The third-order valence-electron chi connectivity index (χ3n) is 3.86. The number of hydrogen-bond donors (Lipinski definition) is 2. The Hall–Kier alpha value is -3.62. The molecule has 3 aromatic rings. The first-order valence-electron chi connectivity index (χ1n) is 8.11. The van der Waals surface area contributed by atoms with Crippen molar-refractivity contribution in [2.45, 2.75) is 6.92 Å². The summed E-state index contributed by atoms with van der Waals surface area (Å²) in [7, 11) is 0. The molecule has 1 aromatic heterocycles. The summed E-state index contributed by atoms with van der Waals surface area (Å²) in [6.07, 6.45) is 0. The fourth-order valence-electron chi connectivity index (χ4n) is 2.50. The number of nitrogens with zero attached hydrogens (tertiary/aromatic N) is 1. The van der Waals surface area contributed by atoms with Crippen molar-refractivity contribution in [2.75, 3.05) is 11.9 Å². The van der Waals surface area contributed by atoms with Gasteiger partial charge in [-0.15, -0.1) is 0 Å². The van der Waals surface area contributed by atoms with Crippen LogP contribution in [0.5, 0.6) is 0 Å². The quantitative estimate of drug-likeness (QED) is 0.655. The van der Waals surface area contributed by atoms with Crippen LogP contribution in [0.2, 0.25) is 0 Å². The summed E-state index contributed by atoms with van der Waals surface area (Å²) in [6, 6.07) is 10.4. The summed E-state index contributed by atoms with van der Waals surface area (Å²) in [5, 5.41) is 8.29. The van der Waals surface area contributed by atoms with E-state index in [1.807, 2.05) is 0 Å². The summed E-state index contributed by atoms with van der Waals surface area (Å²) in [5.74, 6) is -5.80. The summed E-state index contributed by atoms with van der Waals surface area (Å²) >= 11 is 0. The number of benzene rings is 2. The van der Waals surface area contributed by atoms with Crippen LogP contribution in [0, 0.1) is 24.4 Å². The number of carbonyl (C=O) groups is 2. The van der Waals surface area contributed by atoms with E-state index in [9.17, 15) is 22.8 Å². The van der Waals surface area contributed by atoms with Gasteiger partial charge in [-0.3, -0.25) is 9.59 Å². The molecule has 0 fully saturated rings. The van der Waals surface area contributed by atoms with E-state index >= 15 is 0 Å². The normalized spacial score (nSPS) is 10.6. The lowest BCUT2D eigenvalue weighted by atomic mass is 10.1. The molecule has 2 aromatic carbocycles. The number of anilines is 1. The second-order valence-electron chi connectivity index (χ2n) is 5.78. The standard InChI is InChI=1S/C19H14F3N3O3/c1-10-15(18(25-28-10)11-5-3-2-4-6-11)19(27)23-9-14(26)24-13-8-7-12(20)16(21)17(13)22/h2-8H,9H2,1H3,(H,23,27)(H,24,26). The average Bonchev–Trinajstić information content (AvgIpc) is 3.09. The summed E-state index contributed by atoms with van der Waals surface area (Å²) in [6.45, 7) is 1.02. The van der Waals surface area contributed by atoms with Gasteiger partial charge < -0.3 is 15.2 Å². The fourth-order valence-corrected chi connectivity index (χ4v) is 2.50. The smallest absolute Gasteiger partial charge is 0.257 e. The van der Waals surface area contributed by atoms with Crippen LogP contribution in [0.25, 0.3) is 11.3 Å². The molecule has 28 heavy (non-hydrogen) atoms. The van der Waals surface area contributed by atoms with Crippen LogP contribution in [0.3, 0.4) is 0 Å². The maximum atomic E-state index is 13.6. The van der Waals surface area contributed by atoms with Crippen molar-refractivity contribution in [1.82, 2.24) is 10.5 Å². The molecule has 0 aliphatic heterocycles. The topological polar surface area (TPSA) is 84.2 Å². The lowest BCUT2D eigenvalue weighted by Gasteiger charge is -2.09. The summed E-state index contributed by atoms with van der Waals surface area (Å²) in [4.78, 5) is 24.4. The fraction of sp³-hybridized carbons (Fsp3) is 0.105. The molecular weight excluding hydrogens is 375 g/mol. The first kappa shape index (κ1) is 19.2. The van der Waals surface area contributed by atoms with E-state index in [2.05, 4.69) is 15.8 Å². The Balaban J connectivity index is 1.69. The van der Waals surface area contributed by atoms with Gasteiger partial charge in [-0.2, -0.15) is 0 Å². The van der Waals surface area contributed by atoms with Crippen molar-refractivity contribution in [3.63, 3.8) is 0 Å². The number of hydrogen-bond acceptors (Lipinski definition) is 4. The van der Waals surface area contributed by atoms with E-state index in [0.717, 1.165) is 6.07 Å². The Labute approximate surface area is 157 Å². The van der Waals surface area contributed by atoms with Gasteiger partial charge in [0.05, 0.1) is 12.2 Å². The number of halogens is 3. The number of aryl methyl sites for hydroxylation is 1. The van der Waals surface area contributed by atoms with Crippen LogP contribution in [0.4, 0.5) is 18.9 Å². The van der Waals surface area contributed by atoms with Gasteiger partial charge in [0.15, 0.2) is 17.5 Å². The van der Waals surface area contributed by atoms with Gasteiger partial charge in [0.1, 0.15) is 17.0 Å². The molecule has 0 aliphatic carbocycles. The van der Waals surface area contributed by atoms with E-state index in [-0.39, 0.29) is 11.3 Å². The zero-order valence-electron chi connectivity index (χ0n) is 14.6. The number of nitrogens with one attached hydrogen (secondary N) is 2. The second kappa shape index (κ2) is 7.95. The zero-order valence-corrected chi connectivity index (χ0v) is 14.6. The molecule has 0 spiro atoms. The van der Waals surface area contributed by atoms with Gasteiger partial charge >= 0.3 is 0 Å². The Morgan fingerprint density at radius 2 is 1.75 bits per heavy atom. The first-order valence-corrected chi connectivity index (χ1v) is 8.11. The van der Waals surface area contributed by atoms with E-state index in [0.29, 0.717) is 17.3 Å². The summed E-state index contributed by atoms with van der Waals surface area (Å²) in [5.41, 5.74) is 0.572. The molecule has 1 heterocycles. The van der Waals surface area contributed by atoms with E-state index in [1.54, 1.807) is 37.3 Å². The summed E-state index contributed by atoms with van der Waals surface area (Å²) < 4.78 is 44.8. The van der Waals surface area contributed by atoms with Crippen molar-refractivity contribution >= 4 is 17.5 Å². The van der Waals surface area contributed by atoms with Crippen molar-refractivity contribution in [1.29, 1.82) is 0 Å². The zero-order chi connectivity index (χ0) is 20.3. The van der Waals surface area contributed by atoms with Crippen LogP contribution in [-0.2, 0) is 4.79 Å². The highest BCUT2D eigenvalue weighted by Crippen LogP contribution is 2.25. The van der Waals surface area contributed by atoms with Crippen molar-refractivity contribution in [3.8, 4) is 11.3 Å². The van der Waals surface area contributed by atoms with Crippen LogP contribution in [-0.4, -0.2) is 23.5 Å². The second-order valence-corrected chi connectivity index (χ2v) is 5.78. The predicted octanol–water partition coefficient (Wildman–Crippen LogP) is 3.44. The van der Waals surface area contributed by atoms with Gasteiger partial charge in [0.2, 0.25) is 5.91 Å². The molecular formula is C19H14F3N3O3. The van der Waals surface area contributed by atoms with E-state index in [4.69, 9.17) is 4.52 Å². The van der Waals surface area contributed by atoms with E-state index < -0.39 is 41.5 Å². The first-order chi connectivity index (χ1) is 13.4. The highest BCUT2D eigenvalue weighted by molar-refractivity contribution is 6.03. The molecule has 2 amide bonds. The van der Waals surface area contributed by atoms with Gasteiger partial charge in [0, 0.05) is 5.56 Å². The Morgan fingerprint density at radius 3 is 2.46 bits per heavy atom. The van der Waals surface area contributed by atoms with Gasteiger partial charge in [-0.25, -0.2) is 13.2 Å². The largest absolute Gasteiger partial charge is 0.360 e. The van der Waals surface area contributed by atoms with Crippen LogP contribution >= 0.6 is 0 Å². The molecule has 144 valence electrons. The highest BCUT2D eigenvalue weighted by Gasteiger charge is 2.22. The van der Waals surface area contributed by atoms with Crippen molar-refractivity contribution < 1.29 is 27.3 Å². The SMILES string of the molecule is Cc1onc(-c2ccccc2)c1C(=O)NCC(=O)Nc1ccc(F)c(F)c1F. The van der Waals surface area contributed by atoms with Gasteiger partial charge in [-0.1, -0.05) is 35.5 Å². The molecule has 0 radical (unpaired) electrons. The third-order valence-corrected chi connectivity index (χ3v) is 3.86. The Morgan fingerprint density at radius 1 is 1.04 bits per heavy atom. The molecule has 9 heteroatoms. The molecule has 0 aliphatic rings. The number of rotatable bonds is 5. The van der Waals surface area contributed by atoms with Gasteiger partial charge in [0.25, 0.3) is 5.91 Å². The molecule has 0 bridgehead atoms. The lowest BCUT2D eigenvalue weighted by Crippen LogP contribution is -2.33. The molecule has 0 atom stereocenters. The third kappa shape index (κ3) is 3.88. The highest BCUT2D eigenvalue weighted by atomic mass is 19.2. The van der Waals surface area contributed by atoms with Crippen molar-refractivity contribution in [2.24, 2.45) is 0 Å². The molecule has 0 saturated heterocycles. The molecule has 3 rings (SSSR count).